The lowest BCUT2D eigenvalue weighted by molar-refractivity contribution is 0.257. The fraction of sp³-hybridized carbons (Fsp3) is 0.571. The van der Waals surface area contributed by atoms with Crippen molar-refractivity contribution in [2.75, 3.05) is 6.54 Å². The standard InChI is InChI=1S/C14H19Br2NO2S/c1-10-4-2-3-5-11(10)9-17-20(18,19)14-8-12(15)6-7-13(14)16/h6-8,10-11,17H,2-5,9H2,1H3. The molecule has 0 aliphatic heterocycles. The molecule has 1 aliphatic rings. The fourth-order valence-electron chi connectivity index (χ4n) is 2.67. The minimum Gasteiger partial charge on any atom is -0.211 e. The van der Waals surface area contributed by atoms with Crippen molar-refractivity contribution in [1.29, 1.82) is 0 Å². The molecule has 2 atom stereocenters. The molecule has 1 N–H and O–H groups in total. The number of hydrogen-bond acceptors (Lipinski definition) is 2. The lowest BCUT2D eigenvalue weighted by Crippen LogP contribution is -2.33. The summed E-state index contributed by atoms with van der Waals surface area (Å²) in [5.74, 6) is 1.04. The van der Waals surface area contributed by atoms with Gasteiger partial charge in [-0.1, -0.05) is 42.1 Å². The second-order valence-electron chi connectivity index (χ2n) is 5.45. The molecule has 1 saturated carbocycles. The van der Waals surface area contributed by atoms with Crippen LogP contribution in [0.15, 0.2) is 32.0 Å². The first-order chi connectivity index (χ1) is 9.40. The Morgan fingerprint density at radius 3 is 2.65 bits per heavy atom. The van der Waals surface area contributed by atoms with Gasteiger partial charge in [-0.15, -0.1) is 0 Å². The van der Waals surface area contributed by atoms with E-state index >= 15 is 0 Å². The van der Waals surface area contributed by atoms with E-state index in [9.17, 15) is 8.42 Å². The molecule has 112 valence electrons. The summed E-state index contributed by atoms with van der Waals surface area (Å²) in [6, 6.07) is 5.17. The quantitative estimate of drug-likeness (QED) is 0.782. The van der Waals surface area contributed by atoms with Gasteiger partial charge in [0.15, 0.2) is 0 Å². The smallest absolute Gasteiger partial charge is 0.211 e. The number of sulfonamides is 1. The average molecular weight is 425 g/mol. The second kappa shape index (κ2) is 6.90. The van der Waals surface area contributed by atoms with Crippen molar-refractivity contribution in [3.63, 3.8) is 0 Å². The van der Waals surface area contributed by atoms with Gasteiger partial charge < -0.3 is 0 Å². The molecule has 1 fully saturated rings. The number of rotatable bonds is 4. The molecule has 0 heterocycles. The van der Waals surface area contributed by atoms with E-state index < -0.39 is 10.0 Å². The van der Waals surface area contributed by atoms with E-state index in [1.165, 1.54) is 19.3 Å². The fourth-order valence-corrected chi connectivity index (χ4v) is 5.27. The van der Waals surface area contributed by atoms with E-state index in [4.69, 9.17) is 0 Å². The van der Waals surface area contributed by atoms with E-state index in [0.29, 0.717) is 22.9 Å². The third-order valence-electron chi connectivity index (χ3n) is 4.01. The van der Waals surface area contributed by atoms with Crippen molar-refractivity contribution >= 4 is 41.9 Å². The van der Waals surface area contributed by atoms with Gasteiger partial charge in [0.25, 0.3) is 0 Å². The van der Waals surface area contributed by atoms with Crippen molar-refractivity contribution < 1.29 is 8.42 Å². The van der Waals surface area contributed by atoms with Crippen LogP contribution in [0.2, 0.25) is 0 Å². The molecule has 20 heavy (non-hydrogen) atoms. The Balaban J connectivity index is 2.09. The first kappa shape index (κ1) is 16.5. The summed E-state index contributed by atoms with van der Waals surface area (Å²) in [5.41, 5.74) is 0. The molecule has 1 aromatic rings. The van der Waals surface area contributed by atoms with Crippen molar-refractivity contribution in [2.24, 2.45) is 11.8 Å². The number of halogens is 2. The van der Waals surface area contributed by atoms with Gasteiger partial charge in [-0.2, -0.15) is 0 Å². The molecule has 0 amide bonds. The Hall–Kier alpha value is 0.0900. The number of nitrogens with one attached hydrogen (secondary N) is 1. The first-order valence-corrected chi connectivity index (χ1v) is 9.92. The van der Waals surface area contributed by atoms with Crippen LogP contribution in [0.1, 0.15) is 32.6 Å². The van der Waals surface area contributed by atoms with Crippen molar-refractivity contribution in [3.8, 4) is 0 Å². The van der Waals surface area contributed by atoms with Crippen LogP contribution in [-0.2, 0) is 10.0 Å². The summed E-state index contributed by atoms with van der Waals surface area (Å²) in [5, 5.41) is 0. The van der Waals surface area contributed by atoms with E-state index in [1.54, 1.807) is 12.1 Å². The maximum Gasteiger partial charge on any atom is 0.241 e. The van der Waals surface area contributed by atoms with E-state index in [0.717, 1.165) is 10.9 Å². The average Bonchev–Trinajstić information content (AvgIpc) is 2.40. The Morgan fingerprint density at radius 2 is 1.95 bits per heavy atom. The van der Waals surface area contributed by atoms with E-state index in [2.05, 4.69) is 43.5 Å². The van der Waals surface area contributed by atoms with E-state index in [1.807, 2.05) is 6.07 Å². The van der Waals surface area contributed by atoms with Crippen LogP contribution in [0.4, 0.5) is 0 Å². The zero-order valence-corrected chi connectivity index (χ0v) is 15.4. The predicted octanol–water partition coefficient (Wildman–Crippen LogP) is 4.32. The van der Waals surface area contributed by atoms with Crippen LogP contribution in [-0.4, -0.2) is 15.0 Å². The summed E-state index contributed by atoms with van der Waals surface area (Å²) in [6.45, 7) is 2.75. The third-order valence-corrected chi connectivity index (χ3v) is 6.92. The van der Waals surface area contributed by atoms with Crippen LogP contribution in [0.3, 0.4) is 0 Å². The molecule has 3 nitrogen and oxygen atoms in total. The monoisotopic (exact) mass is 423 g/mol. The third kappa shape index (κ3) is 4.06. The molecule has 1 aliphatic carbocycles. The summed E-state index contributed by atoms with van der Waals surface area (Å²) in [6.07, 6.45) is 4.79. The molecule has 2 rings (SSSR count). The van der Waals surface area contributed by atoms with Crippen molar-refractivity contribution in [1.82, 2.24) is 4.72 Å². The van der Waals surface area contributed by atoms with E-state index in [-0.39, 0.29) is 4.90 Å². The van der Waals surface area contributed by atoms with Crippen molar-refractivity contribution in [3.05, 3.63) is 27.1 Å². The Bertz CT molecular complexity index is 575. The van der Waals surface area contributed by atoms with Gasteiger partial charge in [0.1, 0.15) is 0 Å². The summed E-state index contributed by atoms with van der Waals surface area (Å²) in [4.78, 5) is 0.287. The topological polar surface area (TPSA) is 46.2 Å². The molecular formula is C14H19Br2NO2S. The molecule has 2 unspecified atom stereocenters. The van der Waals surface area contributed by atoms with Gasteiger partial charge >= 0.3 is 0 Å². The van der Waals surface area contributed by atoms with Gasteiger partial charge in [0.05, 0.1) is 4.90 Å². The SMILES string of the molecule is CC1CCCCC1CNS(=O)(=O)c1cc(Br)ccc1Br. The van der Waals surface area contributed by atoms with Crippen LogP contribution in [0.25, 0.3) is 0 Å². The highest BCUT2D eigenvalue weighted by Gasteiger charge is 2.24. The molecule has 0 saturated heterocycles. The van der Waals surface area contributed by atoms with Crippen LogP contribution in [0.5, 0.6) is 0 Å². The molecule has 0 bridgehead atoms. The molecule has 6 heteroatoms. The highest BCUT2D eigenvalue weighted by Crippen LogP contribution is 2.30. The Labute approximate surface area is 137 Å². The van der Waals surface area contributed by atoms with Crippen LogP contribution in [0, 0.1) is 11.8 Å². The van der Waals surface area contributed by atoms with Gasteiger partial charge in [-0.25, -0.2) is 13.1 Å². The highest BCUT2D eigenvalue weighted by molar-refractivity contribution is 9.11. The zero-order chi connectivity index (χ0) is 14.8. The summed E-state index contributed by atoms with van der Waals surface area (Å²) < 4.78 is 28.9. The van der Waals surface area contributed by atoms with Crippen molar-refractivity contribution in [2.45, 2.75) is 37.5 Å². The molecule has 0 aromatic heterocycles. The number of hydrogen-bond donors (Lipinski definition) is 1. The molecule has 0 radical (unpaired) electrons. The molecular weight excluding hydrogens is 406 g/mol. The lowest BCUT2D eigenvalue weighted by Gasteiger charge is -2.28. The second-order valence-corrected chi connectivity index (χ2v) is 8.95. The minimum atomic E-state index is -3.46. The normalized spacial score (nSPS) is 23.8. The molecule has 1 aromatic carbocycles. The van der Waals surface area contributed by atoms with Gasteiger partial charge in [0.2, 0.25) is 10.0 Å². The first-order valence-electron chi connectivity index (χ1n) is 6.85. The minimum absolute atomic E-state index is 0.287. The Kier molecular flexibility index (Phi) is 5.68. The van der Waals surface area contributed by atoms with Gasteiger partial charge in [-0.3, -0.25) is 0 Å². The predicted molar refractivity (Wildman–Crippen MR) is 88.2 cm³/mol. The maximum absolute atomic E-state index is 12.4. The summed E-state index contributed by atoms with van der Waals surface area (Å²) >= 11 is 6.62. The van der Waals surface area contributed by atoms with Gasteiger partial charge in [-0.05, 0) is 52.4 Å². The largest absolute Gasteiger partial charge is 0.241 e. The van der Waals surface area contributed by atoms with Gasteiger partial charge in [0, 0.05) is 15.5 Å². The number of benzene rings is 1. The lowest BCUT2D eigenvalue weighted by atomic mass is 9.81. The van der Waals surface area contributed by atoms with Crippen LogP contribution >= 0.6 is 31.9 Å². The highest BCUT2D eigenvalue weighted by atomic mass is 79.9. The van der Waals surface area contributed by atoms with Crippen LogP contribution < -0.4 is 4.72 Å². The molecule has 0 spiro atoms. The summed E-state index contributed by atoms with van der Waals surface area (Å²) in [7, 11) is -3.46. The zero-order valence-electron chi connectivity index (χ0n) is 11.4. The Morgan fingerprint density at radius 1 is 1.25 bits per heavy atom. The maximum atomic E-state index is 12.4.